The molecule has 0 aliphatic heterocycles. The second-order valence-corrected chi connectivity index (χ2v) is 2.85. The lowest BCUT2D eigenvalue weighted by Gasteiger charge is -2.14. The van der Waals surface area contributed by atoms with Crippen LogP contribution in [0.2, 0.25) is 0 Å². The Morgan fingerprint density at radius 1 is 1.71 bits per heavy atom. The molecule has 80 valence electrons. The second-order valence-electron chi connectivity index (χ2n) is 2.85. The fraction of sp³-hybridized carbons (Fsp3) is 0.714. The van der Waals surface area contributed by atoms with Crippen LogP contribution in [0.3, 0.4) is 0 Å². The van der Waals surface area contributed by atoms with Crippen LogP contribution in [0.4, 0.5) is 11.9 Å². The molecule has 7 nitrogen and oxygen atoms in total. The summed E-state index contributed by atoms with van der Waals surface area (Å²) < 4.78 is 4.96. The summed E-state index contributed by atoms with van der Waals surface area (Å²) in [6.07, 6.45) is 0.572. The fourth-order valence-electron chi connectivity index (χ4n) is 1.08. The molecule has 0 radical (unpaired) electrons. The summed E-state index contributed by atoms with van der Waals surface area (Å²) in [5, 5.41) is 18.1. The topological polar surface area (TPSA) is 109 Å². The van der Waals surface area contributed by atoms with Crippen molar-refractivity contribution < 1.29 is 9.84 Å². The van der Waals surface area contributed by atoms with E-state index in [2.05, 4.69) is 20.5 Å². The Kier molecular flexibility index (Phi) is 4.14. The number of methoxy groups -OCH3 is 1. The van der Waals surface area contributed by atoms with Crippen molar-refractivity contribution in [3.8, 4) is 0 Å². The molecular formula is C7H15N5O2. The Balaban J connectivity index is 2.46. The van der Waals surface area contributed by atoms with Gasteiger partial charge in [0.15, 0.2) is 0 Å². The van der Waals surface area contributed by atoms with E-state index in [0.29, 0.717) is 19.0 Å². The van der Waals surface area contributed by atoms with Gasteiger partial charge in [-0.2, -0.15) is 4.98 Å². The summed E-state index contributed by atoms with van der Waals surface area (Å²) in [5.74, 6) is 0.672. The highest BCUT2D eigenvalue weighted by Gasteiger charge is 2.09. The maximum absolute atomic E-state index is 8.78. The Labute approximate surface area is 81.7 Å². The summed E-state index contributed by atoms with van der Waals surface area (Å²) >= 11 is 0. The standard InChI is InChI=1S/C7H15N5O2/c1-14-4-5(2-3-13)9-7-10-6(8)11-12-7/h5,13H,2-4H2,1H3,(H4,8,9,10,11,12). The summed E-state index contributed by atoms with van der Waals surface area (Å²) in [6, 6.07) is -0.0137. The van der Waals surface area contributed by atoms with Crippen molar-refractivity contribution in [2.75, 3.05) is 31.4 Å². The first-order valence-corrected chi connectivity index (χ1v) is 4.30. The number of rotatable bonds is 6. The number of nitrogens with two attached hydrogens (primary N) is 1. The van der Waals surface area contributed by atoms with Crippen LogP contribution < -0.4 is 11.1 Å². The van der Waals surface area contributed by atoms with E-state index in [9.17, 15) is 0 Å². The van der Waals surface area contributed by atoms with Crippen LogP contribution >= 0.6 is 0 Å². The summed E-state index contributed by atoms with van der Waals surface area (Å²) in [4.78, 5) is 3.88. The van der Waals surface area contributed by atoms with Gasteiger partial charge in [0.05, 0.1) is 12.6 Å². The molecule has 5 N–H and O–H groups in total. The van der Waals surface area contributed by atoms with E-state index in [-0.39, 0.29) is 18.6 Å². The zero-order valence-corrected chi connectivity index (χ0v) is 8.03. The molecule has 1 aromatic rings. The van der Waals surface area contributed by atoms with E-state index in [4.69, 9.17) is 15.6 Å². The van der Waals surface area contributed by atoms with Crippen LogP contribution in [0, 0.1) is 0 Å². The van der Waals surface area contributed by atoms with Gasteiger partial charge in [0.1, 0.15) is 0 Å². The van der Waals surface area contributed by atoms with Gasteiger partial charge in [-0.25, -0.2) is 5.10 Å². The highest BCUT2D eigenvalue weighted by Crippen LogP contribution is 2.04. The molecule has 0 fully saturated rings. The SMILES string of the molecule is COCC(CCO)Nc1n[nH]c(N)n1. The average molecular weight is 201 g/mol. The number of H-pyrrole nitrogens is 1. The van der Waals surface area contributed by atoms with E-state index in [1.54, 1.807) is 7.11 Å². The predicted molar refractivity (Wildman–Crippen MR) is 51.8 cm³/mol. The Hall–Kier alpha value is -1.34. The molecule has 0 aliphatic rings. The van der Waals surface area contributed by atoms with Gasteiger partial charge in [-0.05, 0) is 6.42 Å². The Bertz CT molecular complexity index is 258. The maximum atomic E-state index is 8.78. The van der Waals surface area contributed by atoms with Crippen molar-refractivity contribution >= 4 is 11.9 Å². The lowest BCUT2D eigenvalue weighted by molar-refractivity contribution is 0.170. The van der Waals surface area contributed by atoms with Crippen molar-refractivity contribution in [3.05, 3.63) is 0 Å². The Morgan fingerprint density at radius 3 is 3.00 bits per heavy atom. The molecule has 7 heteroatoms. The van der Waals surface area contributed by atoms with Gasteiger partial charge < -0.3 is 20.9 Å². The summed E-state index contributed by atoms with van der Waals surface area (Å²) in [5.41, 5.74) is 5.35. The minimum Gasteiger partial charge on any atom is -0.396 e. The van der Waals surface area contributed by atoms with Gasteiger partial charge in [0.2, 0.25) is 11.9 Å². The monoisotopic (exact) mass is 201 g/mol. The van der Waals surface area contributed by atoms with Crippen molar-refractivity contribution in [1.29, 1.82) is 0 Å². The molecule has 0 spiro atoms. The molecular weight excluding hydrogens is 186 g/mol. The molecule has 0 saturated carbocycles. The number of aliphatic hydroxyl groups is 1. The van der Waals surface area contributed by atoms with Crippen LogP contribution in [0.1, 0.15) is 6.42 Å². The lowest BCUT2D eigenvalue weighted by atomic mass is 10.2. The molecule has 1 atom stereocenters. The minimum absolute atomic E-state index is 0.0137. The first-order chi connectivity index (χ1) is 6.76. The quantitative estimate of drug-likeness (QED) is 0.479. The van der Waals surface area contributed by atoms with Crippen LogP contribution in [-0.2, 0) is 4.74 Å². The molecule has 0 aliphatic carbocycles. The molecule has 0 aromatic carbocycles. The number of nitrogen functional groups attached to an aromatic ring is 1. The van der Waals surface area contributed by atoms with Crippen LogP contribution in [0.15, 0.2) is 0 Å². The number of ether oxygens (including phenoxy) is 1. The van der Waals surface area contributed by atoms with E-state index in [1.165, 1.54) is 0 Å². The first-order valence-electron chi connectivity index (χ1n) is 4.30. The maximum Gasteiger partial charge on any atom is 0.243 e. The van der Waals surface area contributed by atoms with Gasteiger partial charge in [0.25, 0.3) is 0 Å². The van der Waals surface area contributed by atoms with E-state index in [0.717, 1.165) is 0 Å². The van der Waals surface area contributed by atoms with Crippen molar-refractivity contribution in [2.45, 2.75) is 12.5 Å². The lowest BCUT2D eigenvalue weighted by Crippen LogP contribution is -2.26. The number of aromatic amines is 1. The molecule has 14 heavy (non-hydrogen) atoms. The molecule has 1 heterocycles. The van der Waals surface area contributed by atoms with E-state index in [1.807, 2.05) is 0 Å². The van der Waals surface area contributed by atoms with Crippen molar-refractivity contribution in [1.82, 2.24) is 15.2 Å². The average Bonchev–Trinajstić information content (AvgIpc) is 2.52. The number of nitrogens with zero attached hydrogens (tertiary/aromatic N) is 2. The van der Waals surface area contributed by atoms with Crippen molar-refractivity contribution in [3.63, 3.8) is 0 Å². The molecule has 1 rings (SSSR count). The van der Waals surface area contributed by atoms with Crippen LogP contribution in [0.5, 0.6) is 0 Å². The van der Waals surface area contributed by atoms with Crippen molar-refractivity contribution in [2.24, 2.45) is 0 Å². The number of hydrogen-bond donors (Lipinski definition) is 4. The first kappa shape index (κ1) is 10.7. The van der Waals surface area contributed by atoms with Gasteiger partial charge in [-0.15, -0.1) is 5.10 Å². The Morgan fingerprint density at radius 2 is 2.50 bits per heavy atom. The predicted octanol–water partition coefficient (Wildman–Crippen LogP) is -0.804. The summed E-state index contributed by atoms with van der Waals surface area (Å²) in [7, 11) is 1.60. The fourth-order valence-corrected chi connectivity index (χ4v) is 1.08. The number of aromatic nitrogens is 3. The van der Waals surface area contributed by atoms with Gasteiger partial charge in [0, 0.05) is 13.7 Å². The highest BCUT2D eigenvalue weighted by atomic mass is 16.5. The number of nitrogens with one attached hydrogen (secondary N) is 2. The molecule has 1 aromatic heterocycles. The number of hydrogen-bond acceptors (Lipinski definition) is 6. The number of aliphatic hydroxyl groups excluding tert-OH is 1. The minimum atomic E-state index is -0.0137. The third kappa shape index (κ3) is 3.19. The molecule has 0 amide bonds. The molecule has 1 unspecified atom stereocenters. The van der Waals surface area contributed by atoms with E-state index < -0.39 is 0 Å². The molecule has 0 saturated heterocycles. The van der Waals surface area contributed by atoms with Gasteiger partial charge in [-0.3, -0.25) is 0 Å². The van der Waals surface area contributed by atoms with Gasteiger partial charge >= 0.3 is 0 Å². The normalized spacial score (nSPS) is 12.7. The molecule has 0 bridgehead atoms. The third-order valence-electron chi connectivity index (χ3n) is 1.68. The zero-order valence-electron chi connectivity index (χ0n) is 8.03. The zero-order chi connectivity index (χ0) is 10.4. The third-order valence-corrected chi connectivity index (χ3v) is 1.68. The summed E-state index contributed by atoms with van der Waals surface area (Å²) in [6.45, 7) is 0.565. The highest BCUT2D eigenvalue weighted by molar-refractivity contribution is 5.30. The van der Waals surface area contributed by atoms with Crippen LogP contribution in [-0.4, -0.2) is 46.7 Å². The smallest absolute Gasteiger partial charge is 0.243 e. The largest absolute Gasteiger partial charge is 0.396 e. The second kappa shape index (κ2) is 5.40. The van der Waals surface area contributed by atoms with E-state index >= 15 is 0 Å². The van der Waals surface area contributed by atoms with Crippen LogP contribution in [0.25, 0.3) is 0 Å². The van der Waals surface area contributed by atoms with Gasteiger partial charge in [-0.1, -0.05) is 0 Å². The number of anilines is 2.